The van der Waals surface area contributed by atoms with Gasteiger partial charge in [0.1, 0.15) is 5.54 Å². The van der Waals surface area contributed by atoms with E-state index in [2.05, 4.69) is 21.0 Å². The van der Waals surface area contributed by atoms with Crippen LogP contribution in [0.5, 0.6) is 0 Å². The number of nitrogens with one attached hydrogen (secondary N) is 3. The zero-order chi connectivity index (χ0) is 18.0. The summed E-state index contributed by atoms with van der Waals surface area (Å²) >= 11 is 0. The van der Waals surface area contributed by atoms with Crippen LogP contribution in [0.2, 0.25) is 0 Å². The van der Waals surface area contributed by atoms with Gasteiger partial charge in [-0.25, -0.2) is 0 Å². The predicted octanol–water partition coefficient (Wildman–Crippen LogP) is 2.30. The molecule has 2 aromatic rings. The van der Waals surface area contributed by atoms with E-state index in [4.69, 9.17) is 0 Å². The number of piperidine rings is 1. The number of anilines is 2. The predicted molar refractivity (Wildman–Crippen MR) is 106 cm³/mol. The number of halogens is 1. The number of rotatable bonds is 3. The van der Waals surface area contributed by atoms with Crippen LogP contribution in [-0.2, 0) is 21.5 Å². The zero-order valence-corrected chi connectivity index (χ0v) is 15.8. The van der Waals surface area contributed by atoms with Gasteiger partial charge in [0.2, 0.25) is 5.91 Å². The largest absolute Gasteiger partial charge is 0.326 e. The first-order valence-corrected chi connectivity index (χ1v) is 9.12. The minimum atomic E-state index is -0.671. The maximum atomic E-state index is 13.2. The summed E-state index contributed by atoms with van der Waals surface area (Å²) in [5.41, 5.74) is 1.99. The van der Waals surface area contributed by atoms with Crippen LogP contribution >= 0.6 is 12.4 Å². The van der Waals surface area contributed by atoms with E-state index >= 15 is 0 Å². The highest BCUT2D eigenvalue weighted by molar-refractivity contribution is 5.98. The second-order valence-corrected chi connectivity index (χ2v) is 6.96. The molecule has 0 bridgehead atoms. The Morgan fingerprint density at radius 2 is 2.04 bits per heavy atom. The van der Waals surface area contributed by atoms with Gasteiger partial charge in [-0.15, -0.1) is 12.4 Å². The molecular formula is C19H24ClN5O2. The molecule has 0 saturated carbocycles. The van der Waals surface area contributed by atoms with Crippen molar-refractivity contribution in [3.8, 4) is 0 Å². The molecule has 4 rings (SSSR count). The monoisotopic (exact) mass is 389 g/mol. The molecule has 2 aliphatic heterocycles. The fourth-order valence-electron chi connectivity index (χ4n) is 3.82. The summed E-state index contributed by atoms with van der Waals surface area (Å²) in [4.78, 5) is 24.9. The lowest BCUT2D eigenvalue weighted by atomic mass is 9.87. The Balaban J connectivity index is 0.00000210. The highest BCUT2D eigenvalue weighted by Gasteiger charge is 2.42. The van der Waals surface area contributed by atoms with Crippen LogP contribution in [0.4, 0.5) is 11.4 Å². The zero-order valence-electron chi connectivity index (χ0n) is 15.0. The fraction of sp³-hybridized carbons (Fsp3) is 0.421. The second kappa shape index (κ2) is 8.10. The standard InChI is InChI=1S/C19H23N5O2.ClH/c25-17-4-1-3-14-13-15(5-6-16(14)23-17)22-18(26)19(7-10-20-11-8-19)24-12-2-9-21-24;/h2,5-6,9,12-13,20H,1,3-4,7-8,10-11H2,(H,22,26)(H,23,25);1H. The minimum Gasteiger partial charge on any atom is -0.326 e. The molecule has 0 radical (unpaired) electrons. The number of aromatic nitrogens is 2. The number of carbonyl (C=O) groups excluding carboxylic acids is 2. The maximum Gasteiger partial charge on any atom is 0.252 e. The molecule has 1 aromatic heterocycles. The summed E-state index contributed by atoms with van der Waals surface area (Å²) in [7, 11) is 0. The average Bonchev–Trinajstić information content (AvgIpc) is 3.13. The van der Waals surface area contributed by atoms with E-state index in [0.29, 0.717) is 19.3 Å². The van der Waals surface area contributed by atoms with Crippen molar-refractivity contribution >= 4 is 35.6 Å². The first-order valence-electron chi connectivity index (χ1n) is 9.12. The van der Waals surface area contributed by atoms with Crippen LogP contribution < -0.4 is 16.0 Å². The topological polar surface area (TPSA) is 88.0 Å². The number of aryl methyl sites for hydroxylation is 1. The Labute approximate surface area is 164 Å². The van der Waals surface area contributed by atoms with Gasteiger partial charge in [0.25, 0.3) is 5.91 Å². The van der Waals surface area contributed by atoms with Crippen LogP contribution in [0, 0.1) is 0 Å². The Kier molecular flexibility index (Phi) is 5.82. The molecule has 27 heavy (non-hydrogen) atoms. The lowest BCUT2D eigenvalue weighted by Gasteiger charge is -2.36. The quantitative estimate of drug-likeness (QED) is 0.751. The van der Waals surface area contributed by atoms with E-state index in [9.17, 15) is 9.59 Å². The number of carbonyl (C=O) groups is 2. The summed E-state index contributed by atoms with van der Waals surface area (Å²) < 4.78 is 1.78. The number of nitrogens with zero attached hydrogens (tertiary/aromatic N) is 2. The summed E-state index contributed by atoms with van der Waals surface area (Å²) in [6, 6.07) is 7.54. The smallest absolute Gasteiger partial charge is 0.252 e. The fourth-order valence-corrected chi connectivity index (χ4v) is 3.82. The van der Waals surface area contributed by atoms with E-state index < -0.39 is 5.54 Å². The third-order valence-corrected chi connectivity index (χ3v) is 5.28. The van der Waals surface area contributed by atoms with Crippen LogP contribution in [0.15, 0.2) is 36.7 Å². The molecule has 0 unspecified atom stereocenters. The number of hydrogen-bond donors (Lipinski definition) is 3. The van der Waals surface area contributed by atoms with E-state index in [0.717, 1.165) is 42.9 Å². The Hall–Kier alpha value is -2.38. The number of amides is 2. The molecule has 1 aromatic carbocycles. The van der Waals surface area contributed by atoms with Gasteiger partial charge in [0.15, 0.2) is 0 Å². The van der Waals surface area contributed by atoms with Crippen LogP contribution in [0.1, 0.15) is 31.2 Å². The molecule has 0 atom stereocenters. The molecule has 144 valence electrons. The third-order valence-electron chi connectivity index (χ3n) is 5.28. The summed E-state index contributed by atoms with van der Waals surface area (Å²) in [5.74, 6) is 0.00758. The molecule has 1 saturated heterocycles. The van der Waals surface area contributed by atoms with Crippen LogP contribution in [-0.4, -0.2) is 34.7 Å². The molecule has 0 spiro atoms. The lowest BCUT2D eigenvalue weighted by Crippen LogP contribution is -2.52. The van der Waals surface area contributed by atoms with Gasteiger partial charge >= 0.3 is 0 Å². The van der Waals surface area contributed by atoms with E-state index in [1.807, 2.05) is 30.5 Å². The van der Waals surface area contributed by atoms with Gasteiger partial charge in [-0.2, -0.15) is 5.10 Å². The first-order chi connectivity index (χ1) is 12.7. The van der Waals surface area contributed by atoms with Crippen molar-refractivity contribution < 1.29 is 9.59 Å². The van der Waals surface area contributed by atoms with Crippen molar-refractivity contribution in [3.63, 3.8) is 0 Å². The minimum absolute atomic E-state index is 0. The number of hydrogen-bond acceptors (Lipinski definition) is 4. The highest BCUT2D eigenvalue weighted by Crippen LogP contribution is 2.30. The molecule has 3 N–H and O–H groups in total. The molecule has 0 aliphatic carbocycles. The lowest BCUT2D eigenvalue weighted by molar-refractivity contribution is -0.126. The van der Waals surface area contributed by atoms with Crippen molar-refractivity contribution in [3.05, 3.63) is 42.2 Å². The SMILES string of the molecule is Cl.O=C1CCCc2cc(NC(=O)C3(n4cccn4)CCNCC3)ccc2N1. The van der Waals surface area contributed by atoms with Crippen molar-refractivity contribution in [2.75, 3.05) is 23.7 Å². The maximum absolute atomic E-state index is 13.2. The van der Waals surface area contributed by atoms with Gasteiger partial charge in [-0.3, -0.25) is 14.3 Å². The van der Waals surface area contributed by atoms with Crippen LogP contribution in [0.25, 0.3) is 0 Å². The van der Waals surface area contributed by atoms with Gasteiger partial charge in [0, 0.05) is 30.2 Å². The first kappa shape index (κ1) is 19.4. The third kappa shape index (κ3) is 3.84. The normalized spacial score (nSPS) is 18.4. The summed E-state index contributed by atoms with van der Waals surface area (Å²) in [5, 5.41) is 13.7. The van der Waals surface area contributed by atoms with E-state index in [-0.39, 0.29) is 24.2 Å². The Morgan fingerprint density at radius 3 is 2.78 bits per heavy atom. The summed E-state index contributed by atoms with van der Waals surface area (Å²) in [6.07, 6.45) is 7.14. The van der Waals surface area contributed by atoms with Crippen molar-refractivity contribution in [2.45, 2.75) is 37.6 Å². The molecule has 3 heterocycles. The van der Waals surface area contributed by atoms with Crippen molar-refractivity contribution in [2.24, 2.45) is 0 Å². The molecule has 7 nitrogen and oxygen atoms in total. The van der Waals surface area contributed by atoms with Gasteiger partial charge in [-0.05, 0) is 68.6 Å². The summed E-state index contributed by atoms with van der Waals surface area (Å²) in [6.45, 7) is 1.56. The molecule has 2 amide bonds. The second-order valence-electron chi connectivity index (χ2n) is 6.96. The van der Waals surface area contributed by atoms with Gasteiger partial charge in [-0.1, -0.05) is 0 Å². The molecule has 8 heteroatoms. The molecular weight excluding hydrogens is 366 g/mol. The van der Waals surface area contributed by atoms with E-state index in [1.54, 1.807) is 10.9 Å². The Morgan fingerprint density at radius 1 is 1.22 bits per heavy atom. The highest BCUT2D eigenvalue weighted by atomic mass is 35.5. The average molecular weight is 390 g/mol. The number of benzene rings is 1. The van der Waals surface area contributed by atoms with Crippen LogP contribution in [0.3, 0.4) is 0 Å². The van der Waals surface area contributed by atoms with Gasteiger partial charge < -0.3 is 16.0 Å². The number of fused-ring (bicyclic) bond motifs is 1. The van der Waals surface area contributed by atoms with Crippen molar-refractivity contribution in [1.29, 1.82) is 0 Å². The molecule has 2 aliphatic rings. The Bertz CT molecular complexity index is 816. The van der Waals surface area contributed by atoms with Gasteiger partial charge in [0.05, 0.1) is 0 Å². The van der Waals surface area contributed by atoms with Crippen molar-refractivity contribution in [1.82, 2.24) is 15.1 Å². The van der Waals surface area contributed by atoms with E-state index in [1.165, 1.54) is 0 Å². The molecule has 1 fully saturated rings.